The second-order valence-electron chi connectivity index (χ2n) is 8.49. The predicted octanol–water partition coefficient (Wildman–Crippen LogP) is 1.27. The molecule has 1 saturated carbocycles. The molecule has 2 heterocycles. The summed E-state index contributed by atoms with van der Waals surface area (Å²) in [6, 6.07) is 4.66. The Hall–Kier alpha value is -2.30. The Bertz CT molecular complexity index is 1010. The van der Waals surface area contributed by atoms with E-state index >= 15 is 0 Å². The van der Waals surface area contributed by atoms with E-state index in [2.05, 4.69) is 5.32 Å². The topological polar surface area (TPSA) is 113 Å². The third-order valence-corrected chi connectivity index (χ3v) is 8.45. The fourth-order valence-electron chi connectivity index (χ4n) is 4.69. The first-order chi connectivity index (χ1) is 14.7. The number of nitrogens with one attached hydrogen (secondary N) is 1. The highest BCUT2D eigenvalue weighted by atomic mass is 32.2. The van der Waals surface area contributed by atoms with Crippen LogP contribution in [0.4, 0.5) is 5.69 Å². The second-order valence-corrected chi connectivity index (χ2v) is 10.4. The number of ether oxygens (including phenoxy) is 1. The van der Waals surface area contributed by atoms with Crippen LogP contribution in [0.3, 0.4) is 0 Å². The van der Waals surface area contributed by atoms with E-state index in [0.717, 1.165) is 17.7 Å². The molecule has 0 atom stereocenters. The zero-order valence-corrected chi connectivity index (χ0v) is 18.4. The van der Waals surface area contributed by atoms with Gasteiger partial charge in [-0.2, -0.15) is 4.31 Å². The SMILES string of the molecule is Cc1ccc(NC(=O)CN2C(=O)CC3(CCCC3)C2=O)cc1S(=O)(=O)N1CCOCC1. The lowest BCUT2D eigenvalue weighted by Crippen LogP contribution is -2.41. The molecule has 3 amide bonds. The second kappa shape index (κ2) is 8.33. The van der Waals surface area contributed by atoms with Gasteiger partial charge in [0.05, 0.1) is 23.5 Å². The maximum atomic E-state index is 13.0. The van der Waals surface area contributed by atoms with E-state index in [-0.39, 0.29) is 42.8 Å². The van der Waals surface area contributed by atoms with Gasteiger partial charge in [-0.1, -0.05) is 18.9 Å². The van der Waals surface area contributed by atoms with Crippen molar-refractivity contribution >= 4 is 33.4 Å². The quantitative estimate of drug-likeness (QED) is 0.678. The van der Waals surface area contributed by atoms with E-state index < -0.39 is 21.3 Å². The molecule has 1 aliphatic carbocycles. The zero-order valence-electron chi connectivity index (χ0n) is 17.6. The molecule has 2 aliphatic heterocycles. The first-order valence-electron chi connectivity index (χ1n) is 10.6. The number of aryl methyl sites for hydroxylation is 1. The highest BCUT2D eigenvalue weighted by molar-refractivity contribution is 7.89. The fourth-order valence-corrected chi connectivity index (χ4v) is 6.35. The summed E-state index contributed by atoms with van der Waals surface area (Å²) in [5.41, 5.74) is 0.246. The molecule has 10 heteroatoms. The first-order valence-corrected chi connectivity index (χ1v) is 12.0. The zero-order chi connectivity index (χ0) is 22.2. The number of hydrogen-bond donors (Lipinski definition) is 1. The third kappa shape index (κ3) is 4.11. The van der Waals surface area contributed by atoms with Crippen molar-refractivity contribution < 1.29 is 27.5 Å². The number of carbonyl (C=O) groups excluding carboxylic acids is 3. The van der Waals surface area contributed by atoms with Crippen LogP contribution in [0.1, 0.15) is 37.7 Å². The Morgan fingerprint density at radius 1 is 1.16 bits per heavy atom. The Morgan fingerprint density at radius 3 is 2.52 bits per heavy atom. The summed E-state index contributed by atoms with van der Waals surface area (Å²) < 4.78 is 32.6. The van der Waals surface area contributed by atoms with Crippen LogP contribution in [0.25, 0.3) is 0 Å². The van der Waals surface area contributed by atoms with Gasteiger partial charge in [0.15, 0.2) is 0 Å². The molecule has 4 rings (SSSR count). The smallest absolute Gasteiger partial charge is 0.244 e. The van der Waals surface area contributed by atoms with Crippen molar-refractivity contribution in [3.05, 3.63) is 23.8 Å². The number of carbonyl (C=O) groups is 3. The van der Waals surface area contributed by atoms with Crippen molar-refractivity contribution in [2.24, 2.45) is 5.41 Å². The van der Waals surface area contributed by atoms with Gasteiger partial charge in [0.1, 0.15) is 6.54 Å². The maximum Gasteiger partial charge on any atom is 0.244 e. The van der Waals surface area contributed by atoms with Crippen LogP contribution < -0.4 is 5.32 Å². The van der Waals surface area contributed by atoms with Crippen LogP contribution in [0.2, 0.25) is 0 Å². The lowest BCUT2D eigenvalue weighted by Gasteiger charge is -2.27. The van der Waals surface area contributed by atoms with Gasteiger partial charge in [0.2, 0.25) is 27.7 Å². The molecule has 1 aromatic rings. The third-order valence-electron chi connectivity index (χ3n) is 6.41. The number of hydrogen-bond acceptors (Lipinski definition) is 6. The molecule has 31 heavy (non-hydrogen) atoms. The van der Waals surface area contributed by atoms with E-state index in [1.807, 2.05) is 0 Å². The van der Waals surface area contributed by atoms with Gasteiger partial charge < -0.3 is 10.1 Å². The number of imide groups is 1. The molecule has 1 aromatic carbocycles. The van der Waals surface area contributed by atoms with Crippen molar-refractivity contribution in [3.8, 4) is 0 Å². The molecule has 2 saturated heterocycles. The lowest BCUT2D eigenvalue weighted by molar-refractivity contribution is -0.143. The lowest BCUT2D eigenvalue weighted by atomic mass is 9.84. The minimum atomic E-state index is -3.72. The normalized spacial score (nSPS) is 21.8. The monoisotopic (exact) mass is 449 g/mol. The van der Waals surface area contributed by atoms with Crippen LogP contribution in [0.5, 0.6) is 0 Å². The summed E-state index contributed by atoms with van der Waals surface area (Å²) >= 11 is 0. The van der Waals surface area contributed by atoms with E-state index in [1.165, 1.54) is 10.4 Å². The number of sulfonamides is 1. The Balaban J connectivity index is 1.47. The average molecular weight is 450 g/mol. The average Bonchev–Trinajstić information content (AvgIpc) is 3.30. The highest BCUT2D eigenvalue weighted by Gasteiger charge is 2.52. The van der Waals surface area contributed by atoms with Crippen LogP contribution in [-0.2, 0) is 29.1 Å². The highest BCUT2D eigenvalue weighted by Crippen LogP contribution is 2.46. The van der Waals surface area contributed by atoms with Gasteiger partial charge in [-0.15, -0.1) is 0 Å². The summed E-state index contributed by atoms with van der Waals surface area (Å²) in [5, 5.41) is 2.64. The Morgan fingerprint density at radius 2 is 1.84 bits per heavy atom. The molecular weight excluding hydrogens is 422 g/mol. The van der Waals surface area contributed by atoms with E-state index in [1.54, 1.807) is 19.1 Å². The molecule has 1 spiro atoms. The molecular formula is C21H27N3O6S. The van der Waals surface area contributed by atoms with E-state index in [9.17, 15) is 22.8 Å². The van der Waals surface area contributed by atoms with Crippen molar-refractivity contribution in [1.82, 2.24) is 9.21 Å². The number of amides is 3. The van der Waals surface area contributed by atoms with Gasteiger partial charge in [-0.3, -0.25) is 19.3 Å². The number of rotatable bonds is 5. The number of likely N-dealkylation sites (tertiary alicyclic amines) is 1. The predicted molar refractivity (Wildman–Crippen MR) is 112 cm³/mol. The standard InChI is InChI=1S/C21H27N3O6S/c1-15-4-5-16(12-17(15)31(28,29)23-8-10-30-11-9-23)22-18(25)14-24-19(26)13-21(20(24)27)6-2-3-7-21/h4-5,12H,2-3,6-11,13-14H2,1H3,(H,22,25). The maximum absolute atomic E-state index is 13.0. The number of benzene rings is 1. The molecule has 9 nitrogen and oxygen atoms in total. The molecule has 0 unspecified atom stereocenters. The molecule has 3 aliphatic rings. The number of morpholine rings is 1. The van der Waals surface area contributed by atoms with Crippen molar-refractivity contribution in [2.75, 3.05) is 38.2 Å². The fraction of sp³-hybridized carbons (Fsp3) is 0.571. The number of nitrogens with zero attached hydrogens (tertiary/aromatic N) is 2. The summed E-state index contributed by atoms with van der Waals surface area (Å²) in [6.45, 7) is 2.57. The van der Waals surface area contributed by atoms with E-state index in [4.69, 9.17) is 4.74 Å². The molecule has 0 aromatic heterocycles. The Kier molecular flexibility index (Phi) is 5.89. The van der Waals surface area contributed by atoms with Gasteiger partial charge in [0.25, 0.3) is 0 Å². The van der Waals surface area contributed by atoms with Crippen molar-refractivity contribution in [2.45, 2.75) is 43.9 Å². The molecule has 3 fully saturated rings. The first kappa shape index (κ1) is 21.9. The van der Waals surface area contributed by atoms with Crippen LogP contribution in [-0.4, -0.2) is 68.2 Å². The van der Waals surface area contributed by atoms with Crippen LogP contribution >= 0.6 is 0 Å². The van der Waals surface area contributed by atoms with Crippen LogP contribution in [0, 0.1) is 12.3 Å². The summed E-state index contributed by atoms with van der Waals surface area (Å²) in [4.78, 5) is 38.9. The van der Waals surface area contributed by atoms with Crippen LogP contribution in [0.15, 0.2) is 23.1 Å². The van der Waals surface area contributed by atoms with Gasteiger partial charge in [-0.25, -0.2) is 8.42 Å². The van der Waals surface area contributed by atoms with Gasteiger partial charge >= 0.3 is 0 Å². The summed E-state index contributed by atoms with van der Waals surface area (Å²) in [5.74, 6) is -1.11. The van der Waals surface area contributed by atoms with Gasteiger partial charge in [0, 0.05) is 25.2 Å². The molecule has 0 bridgehead atoms. The largest absolute Gasteiger partial charge is 0.379 e. The minimum Gasteiger partial charge on any atom is -0.379 e. The van der Waals surface area contributed by atoms with Gasteiger partial charge in [-0.05, 0) is 37.5 Å². The summed E-state index contributed by atoms with van der Waals surface area (Å²) in [6.07, 6.45) is 3.39. The summed E-state index contributed by atoms with van der Waals surface area (Å²) in [7, 11) is -3.72. The molecule has 168 valence electrons. The Labute approximate surface area is 181 Å². The molecule has 1 N–H and O–H groups in total. The van der Waals surface area contributed by atoms with Crippen molar-refractivity contribution in [3.63, 3.8) is 0 Å². The van der Waals surface area contributed by atoms with Crippen molar-refractivity contribution in [1.29, 1.82) is 0 Å². The molecule has 0 radical (unpaired) electrons. The minimum absolute atomic E-state index is 0.116. The van der Waals surface area contributed by atoms with E-state index in [0.29, 0.717) is 37.3 Å². The number of anilines is 1.